The van der Waals surface area contributed by atoms with Crippen molar-refractivity contribution in [2.75, 3.05) is 5.32 Å². The molecule has 1 atom stereocenters. The SMILES string of the molecule is CC(Nc1cc(Br)ccc1Cl)c1cnn(C)c1. The summed E-state index contributed by atoms with van der Waals surface area (Å²) < 4.78 is 2.79. The van der Waals surface area contributed by atoms with E-state index >= 15 is 0 Å². The summed E-state index contributed by atoms with van der Waals surface area (Å²) in [7, 11) is 1.91. The van der Waals surface area contributed by atoms with Gasteiger partial charge in [0, 0.05) is 23.3 Å². The molecule has 5 heteroatoms. The number of nitrogens with one attached hydrogen (secondary N) is 1. The first kappa shape index (κ1) is 12.5. The molecule has 1 aromatic heterocycles. The summed E-state index contributed by atoms with van der Waals surface area (Å²) in [6.07, 6.45) is 3.84. The molecule has 0 amide bonds. The molecule has 1 unspecified atom stereocenters. The Bertz CT molecular complexity index is 524. The van der Waals surface area contributed by atoms with Crippen LogP contribution in [0.4, 0.5) is 5.69 Å². The molecule has 90 valence electrons. The van der Waals surface area contributed by atoms with Crippen molar-refractivity contribution in [3.63, 3.8) is 0 Å². The number of benzene rings is 1. The van der Waals surface area contributed by atoms with Crippen molar-refractivity contribution in [3.8, 4) is 0 Å². The first-order valence-electron chi connectivity index (χ1n) is 5.26. The molecule has 1 N–H and O–H groups in total. The van der Waals surface area contributed by atoms with Gasteiger partial charge in [-0.3, -0.25) is 4.68 Å². The average Bonchev–Trinajstić information content (AvgIpc) is 2.70. The Morgan fingerprint density at radius 1 is 1.47 bits per heavy atom. The lowest BCUT2D eigenvalue weighted by Crippen LogP contribution is -2.06. The summed E-state index contributed by atoms with van der Waals surface area (Å²) in [5.74, 6) is 0. The van der Waals surface area contributed by atoms with Gasteiger partial charge in [0.15, 0.2) is 0 Å². The molecular weight excluding hydrogens is 302 g/mol. The van der Waals surface area contributed by atoms with Crippen LogP contribution in [-0.4, -0.2) is 9.78 Å². The molecule has 2 rings (SSSR count). The highest BCUT2D eigenvalue weighted by molar-refractivity contribution is 9.10. The maximum Gasteiger partial charge on any atom is 0.0638 e. The third kappa shape index (κ3) is 3.01. The summed E-state index contributed by atoms with van der Waals surface area (Å²) >= 11 is 9.56. The second-order valence-corrected chi connectivity index (χ2v) is 5.26. The van der Waals surface area contributed by atoms with Crippen LogP contribution in [-0.2, 0) is 7.05 Å². The molecule has 0 saturated heterocycles. The monoisotopic (exact) mass is 313 g/mol. The topological polar surface area (TPSA) is 29.9 Å². The number of hydrogen-bond donors (Lipinski definition) is 1. The lowest BCUT2D eigenvalue weighted by molar-refractivity contribution is 0.765. The number of aromatic nitrogens is 2. The van der Waals surface area contributed by atoms with Gasteiger partial charge in [0.25, 0.3) is 0 Å². The van der Waals surface area contributed by atoms with Gasteiger partial charge in [0.2, 0.25) is 0 Å². The van der Waals surface area contributed by atoms with Crippen LogP contribution in [0, 0.1) is 0 Å². The Kier molecular flexibility index (Phi) is 3.74. The highest BCUT2D eigenvalue weighted by Crippen LogP contribution is 2.28. The van der Waals surface area contributed by atoms with Crippen LogP contribution in [0.2, 0.25) is 5.02 Å². The predicted molar refractivity (Wildman–Crippen MR) is 74.4 cm³/mol. The van der Waals surface area contributed by atoms with Crippen LogP contribution in [0.25, 0.3) is 0 Å². The number of hydrogen-bond acceptors (Lipinski definition) is 2. The average molecular weight is 315 g/mol. The van der Waals surface area contributed by atoms with E-state index in [1.807, 2.05) is 37.6 Å². The van der Waals surface area contributed by atoms with E-state index in [2.05, 4.69) is 33.3 Å². The van der Waals surface area contributed by atoms with E-state index in [4.69, 9.17) is 11.6 Å². The molecule has 3 nitrogen and oxygen atoms in total. The third-order valence-electron chi connectivity index (χ3n) is 2.53. The van der Waals surface area contributed by atoms with E-state index < -0.39 is 0 Å². The van der Waals surface area contributed by atoms with Crippen LogP contribution in [0.5, 0.6) is 0 Å². The highest BCUT2D eigenvalue weighted by atomic mass is 79.9. The largest absolute Gasteiger partial charge is 0.377 e. The van der Waals surface area contributed by atoms with Gasteiger partial charge in [-0.1, -0.05) is 27.5 Å². The van der Waals surface area contributed by atoms with Crippen molar-refractivity contribution in [2.45, 2.75) is 13.0 Å². The minimum Gasteiger partial charge on any atom is -0.377 e. The van der Waals surface area contributed by atoms with Crippen molar-refractivity contribution in [1.29, 1.82) is 0 Å². The zero-order valence-electron chi connectivity index (χ0n) is 9.61. The van der Waals surface area contributed by atoms with E-state index in [1.165, 1.54) is 0 Å². The molecule has 2 aromatic rings. The molecule has 0 fully saturated rings. The summed E-state index contributed by atoms with van der Waals surface area (Å²) in [4.78, 5) is 0. The summed E-state index contributed by atoms with van der Waals surface area (Å²) in [5, 5.41) is 8.23. The third-order valence-corrected chi connectivity index (χ3v) is 3.35. The van der Waals surface area contributed by atoms with Crippen LogP contribution >= 0.6 is 27.5 Å². The van der Waals surface area contributed by atoms with E-state index in [0.717, 1.165) is 15.7 Å². The number of nitrogens with zero attached hydrogens (tertiary/aromatic N) is 2. The predicted octanol–water partition coefficient (Wildman–Crippen LogP) is 4.01. The summed E-state index contributed by atoms with van der Waals surface area (Å²) in [5.41, 5.74) is 2.04. The van der Waals surface area contributed by atoms with E-state index in [1.54, 1.807) is 4.68 Å². The molecule has 0 aliphatic heterocycles. The fraction of sp³-hybridized carbons (Fsp3) is 0.250. The fourth-order valence-electron chi connectivity index (χ4n) is 1.59. The number of rotatable bonds is 3. The van der Waals surface area contributed by atoms with Gasteiger partial charge in [0.05, 0.1) is 22.9 Å². The first-order valence-corrected chi connectivity index (χ1v) is 6.43. The second-order valence-electron chi connectivity index (χ2n) is 3.94. The van der Waals surface area contributed by atoms with Crippen LogP contribution in [0.1, 0.15) is 18.5 Å². The van der Waals surface area contributed by atoms with Gasteiger partial charge in [-0.05, 0) is 25.1 Å². The summed E-state index contributed by atoms with van der Waals surface area (Å²) in [6.45, 7) is 2.08. The number of anilines is 1. The maximum atomic E-state index is 6.13. The Labute approximate surface area is 114 Å². The minimum absolute atomic E-state index is 0.162. The van der Waals surface area contributed by atoms with E-state index in [-0.39, 0.29) is 6.04 Å². The van der Waals surface area contributed by atoms with Gasteiger partial charge in [-0.25, -0.2) is 0 Å². The van der Waals surface area contributed by atoms with Crippen LogP contribution < -0.4 is 5.32 Å². The summed E-state index contributed by atoms with van der Waals surface area (Å²) in [6, 6.07) is 5.91. The smallest absolute Gasteiger partial charge is 0.0638 e. The van der Waals surface area contributed by atoms with Gasteiger partial charge in [-0.15, -0.1) is 0 Å². The Morgan fingerprint density at radius 2 is 2.24 bits per heavy atom. The van der Waals surface area contributed by atoms with E-state index in [0.29, 0.717) is 5.02 Å². The molecule has 0 saturated carbocycles. The lowest BCUT2D eigenvalue weighted by Gasteiger charge is -2.15. The van der Waals surface area contributed by atoms with E-state index in [9.17, 15) is 0 Å². The van der Waals surface area contributed by atoms with Crippen molar-refractivity contribution in [2.24, 2.45) is 7.05 Å². The Morgan fingerprint density at radius 3 is 2.88 bits per heavy atom. The molecule has 0 radical (unpaired) electrons. The first-order chi connectivity index (χ1) is 8.06. The fourth-order valence-corrected chi connectivity index (χ4v) is 2.12. The molecule has 17 heavy (non-hydrogen) atoms. The standard InChI is InChI=1S/C12H13BrClN3/c1-8(9-6-15-17(2)7-9)16-12-5-10(13)3-4-11(12)14/h3-8,16H,1-2H3. The van der Waals surface area contributed by atoms with Crippen LogP contribution in [0.3, 0.4) is 0 Å². The van der Waals surface area contributed by atoms with Gasteiger partial charge in [-0.2, -0.15) is 5.10 Å². The number of aryl methyl sites for hydroxylation is 1. The molecule has 0 aliphatic carbocycles. The highest BCUT2D eigenvalue weighted by Gasteiger charge is 2.09. The molecule has 0 bridgehead atoms. The van der Waals surface area contributed by atoms with Crippen LogP contribution in [0.15, 0.2) is 35.1 Å². The Hall–Kier alpha value is -1.00. The molecule has 0 aliphatic rings. The zero-order valence-corrected chi connectivity index (χ0v) is 12.0. The second kappa shape index (κ2) is 5.10. The van der Waals surface area contributed by atoms with Gasteiger partial charge >= 0.3 is 0 Å². The molecule has 1 heterocycles. The van der Waals surface area contributed by atoms with Crippen molar-refractivity contribution in [3.05, 3.63) is 45.7 Å². The molecule has 1 aromatic carbocycles. The normalized spacial score (nSPS) is 12.5. The quantitative estimate of drug-likeness (QED) is 0.927. The maximum absolute atomic E-state index is 6.13. The zero-order chi connectivity index (χ0) is 12.4. The Balaban J connectivity index is 2.18. The molecular formula is C12H13BrClN3. The lowest BCUT2D eigenvalue weighted by atomic mass is 10.2. The van der Waals surface area contributed by atoms with Crippen molar-refractivity contribution in [1.82, 2.24) is 9.78 Å². The molecule has 0 spiro atoms. The van der Waals surface area contributed by atoms with Gasteiger partial charge in [0.1, 0.15) is 0 Å². The van der Waals surface area contributed by atoms with Crippen molar-refractivity contribution < 1.29 is 0 Å². The van der Waals surface area contributed by atoms with Gasteiger partial charge < -0.3 is 5.32 Å². The number of halogens is 2. The van der Waals surface area contributed by atoms with Crippen molar-refractivity contribution >= 4 is 33.2 Å². The minimum atomic E-state index is 0.162.